The number of fused-ring (bicyclic) bond motifs is 1. The van der Waals surface area contributed by atoms with Crippen LogP contribution in [0.25, 0.3) is 0 Å². The van der Waals surface area contributed by atoms with Gasteiger partial charge in [0, 0.05) is 16.9 Å². The topological polar surface area (TPSA) is 71.3 Å². The van der Waals surface area contributed by atoms with Gasteiger partial charge in [0.05, 0.1) is 24.9 Å². The number of rotatable bonds is 8. The van der Waals surface area contributed by atoms with Crippen molar-refractivity contribution in [2.75, 3.05) is 11.9 Å². The Morgan fingerprint density at radius 1 is 1.32 bits per heavy atom. The highest BCUT2D eigenvalue weighted by molar-refractivity contribution is 7.16. The number of benzene rings is 1. The van der Waals surface area contributed by atoms with E-state index in [0.717, 1.165) is 48.3 Å². The number of hydrogen-bond acceptors (Lipinski definition) is 5. The average Bonchev–Trinajstić information content (AvgIpc) is 3.05. The van der Waals surface area contributed by atoms with E-state index in [1.54, 1.807) is 24.3 Å². The number of nitrogens with zero attached hydrogens (tertiary/aromatic N) is 1. The number of thiophene rings is 1. The van der Waals surface area contributed by atoms with Gasteiger partial charge in [-0.2, -0.15) is 5.26 Å². The number of carbonyl (C=O) groups is 1. The molecule has 1 unspecified atom stereocenters. The van der Waals surface area contributed by atoms with Crippen LogP contribution in [0.1, 0.15) is 65.9 Å². The molecule has 2 aromatic rings. The number of nitrogens with one attached hydrogen (secondary N) is 1. The minimum atomic E-state index is -0.221. The predicted octanol–water partition coefficient (Wildman–Crippen LogP) is 5.29. The number of anilines is 1. The zero-order chi connectivity index (χ0) is 19.9. The van der Waals surface area contributed by atoms with Gasteiger partial charge in [0.2, 0.25) is 0 Å². The van der Waals surface area contributed by atoms with Gasteiger partial charge in [0.1, 0.15) is 16.8 Å². The van der Waals surface area contributed by atoms with Crippen molar-refractivity contribution in [3.63, 3.8) is 0 Å². The standard InChI is InChI=1S/C22H26N2O3S/c1-3-5-11-26-16-9-7-15(8-10-16)21(25)24-22-19(13-23)18-12-17(6-4-2)27-14-20(18)28-22/h7-10,17H,3-6,11-12,14H2,1-2H3,(H,24,25). The van der Waals surface area contributed by atoms with Gasteiger partial charge in [-0.05, 0) is 42.7 Å². The van der Waals surface area contributed by atoms with E-state index in [1.165, 1.54) is 11.3 Å². The fourth-order valence-corrected chi connectivity index (χ4v) is 4.35. The Morgan fingerprint density at radius 2 is 2.11 bits per heavy atom. The summed E-state index contributed by atoms with van der Waals surface area (Å²) in [4.78, 5) is 13.7. The first-order valence-corrected chi connectivity index (χ1v) is 10.7. The van der Waals surface area contributed by atoms with Gasteiger partial charge in [0.25, 0.3) is 5.91 Å². The summed E-state index contributed by atoms with van der Waals surface area (Å²) in [7, 11) is 0. The van der Waals surface area contributed by atoms with Crippen LogP contribution in [0, 0.1) is 11.3 Å². The second-order valence-electron chi connectivity index (χ2n) is 6.93. The summed E-state index contributed by atoms with van der Waals surface area (Å²) in [5.74, 6) is 0.537. The molecule has 5 nitrogen and oxygen atoms in total. The largest absolute Gasteiger partial charge is 0.494 e. The van der Waals surface area contributed by atoms with Crippen LogP contribution in [0.3, 0.4) is 0 Å². The maximum absolute atomic E-state index is 12.6. The highest BCUT2D eigenvalue weighted by atomic mass is 32.1. The predicted molar refractivity (Wildman–Crippen MR) is 111 cm³/mol. The van der Waals surface area contributed by atoms with Crippen LogP contribution in [0.4, 0.5) is 5.00 Å². The van der Waals surface area contributed by atoms with Crippen molar-refractivity contribution in [1.82, 2.24) is 0 Å². The molecule has 0 fully saturated rings. The number of unbranched alkanes of at least 4 members (excludes halogenated alkanes) is 1. The minimum Gasteiger partial charge on any atom is -0.494 e. The Kier molecular flexibility index (Phi) is 7.07. The Labute approximate surface area is 170 Å². The molecule has 1 amide bonds. The van der Waals surface area contributed by atoms with E-state index in [4.69, 9.17) is 9.47 Å². The quantitative estimate of drug-likeness (QED) is 0.613. The van der Waals surface area contributed by atoms with Crippen LogP contribution < -0.4 is 10.1 Å². The number of hydrogen-bond donors (Lipinski definition) is 1. The van der Waals surface area contributed by atoms with Crippen LogP contribution >= 0.6 is 11.3 Å². The van der Waals surface area contributed by atoms with Gasteiger partial charge >= 0.3 is 0 Å². The molecule has 1 N–H and O–H groups in total. The van der Waals surface area contributed by atoms with Crippen molar-refractivity contribution in [2.45, 2.75) is 58.7 Å². The summed E-state index contributed by atoms with van der Waals surface area (Å²) in [6.07, 6.45) is 5.01. The van der Waals surface area contributed by atoms with Crippen molar-refractivity contribution < 1.29 is 14.3 Å². The second kappa shape index (κ2) is 9.72. The van der Waals surface area contributed by atoms with Crippen LogP contribution in [-0.2, 0) is 17.8 Å². The first-order chi connectivity index (χ1) is 13.7. The Morgan fingerprint density at radius 3 is 2.79 bits per heavy atom. The normalized spacial score (nSPS) is 15.5. The number of ether oxygens (including phenoxy) is 2. The van der Waals surface area contributed by atoms with Crippen LogP contribution in [0.2, 0.25) is 0 Å². The van der Waals surface area contributed by atoms with Crippen molar-refractivity contribution in [3.05, 3.63) is 45.8 Å². The first kappa shape index (κ1) is 20.4. The van der Waals surface area contributed by atoms with E-state index in [2.05, 4.69) is 25.2 Å². The highest BCUT2D eigenvalue weighted by Crippen LogP contribution is 2.38. The molecule has 1 atom stereocenters. The minimum absolute atomic E-state index is 0.156. The van der Waals surface area contributed by atoms with Gasteiger partial charge in [-0.15, -0.1) is 11.3 Å². The Bertz CT molecular complexity index is 852. The second-order valence-corrected chi connectivity index (χ2v) is 8.03. The van der Waals surface area contributed by atoms with Crippen molar-refractivity contribution >= 4 is 22.2 Å². The number of carbonyl (C=O) groups excluding carboxylic acids is 1. The van der Waals surface area contributed by atoms with E-state index in [9.17, 15) is 10.1 Å². The monoisotopic (exact) mass is 398 g/mol. The molecule has 1 aliphatic rings. The van der Waals surface area contributed by atoms with Crippen LogP contribution in [0.15, 0.2) is 24.3 Å². The molecule has 3 rings (SSSR count). The lowest BCUT2D eigenvalue weighted by molar-refractivity contribution is 0.0250. The molecule has 0 saturated heterocycles. The molecular formula is C22H26N2O3S. The van der Waals surface area contributed by atoms with Crippen molar-refractivity contribution in [3.8, 4) is 11.8 Å². The molecule has 6 heteroatoms. The molecule has 148 valence electrons. The molecular weight excluding hydrogens is 372 g/mol. The molecule has 1 aliphatic heterocycles. The third-order valence-corrected chi connectivity index (χ3v) is 5.93. The molecule has 0 aliphatic carbocycles. The van der Waals surface area contributed by atoms with Gasteiger partial charge in [-0.25, -0.2) is 0 Å². The lowest BCUT2D eigenvalue weighted by Crippen LogP contribution is -2.21. The SMILES string of the molecule is CCCCOc1ccc(C(=O)Nc2sc3c(c2C#N)CC(CCC)OC3)cc1. The zero-order valence-corrected chi connectivity index (χ0v) is 17.2. The molecule has 0 saturated carbocycles. The summed E-state index contributed by atoms with van der Waals surface area (Å²) < 4.78 is 11.5. The summed E-state index contributed by atoms with van der Waals surface area (Å²) in [6.45, 7) is 5.43. The summed E-state index contributed by atoms with van der Waals surface area (Å²) in [6, 6.07) is 9.38. The lowest BCUT2D eigenvalue weighted by atomic mass is 9.99. The number of amides is 1. The molecule has 2 heterocycles. The van der Waals surface area contributed by atoms with E-state index < -0.39 is 0 Å². The van der Waals surface area contributed by atoms with Crippen LogP contribution in [-0.4, -0.2) is 18.6 Å². The Hall–Kier alpha value is -2.36. The van der Waals surface area contributed by atoms with Gasteiger partial charge < -0.3 is 14.8 Å². The van der Waals surface area contributed by atoms with E-state index in [0.29, 0.717) is 29.3 Å². The fraction of sp³-hybridized carbons (Fsp3) is 0.455. The maximum Gasteiger partial charge on any atom is 0.256 e. The van der Waals surface area contributed by atoms with E-state index >= 15 is 0 Å². The van der Waals surface area contributed by atoms with E-state index in [1.807, 2.05) is 0 Å². The van der Waals surface area contributed by atoms with Crippen LogP contribution in [0.5, 0.6) is 5.75 Å². The number of nitriles is 1. The van der Waals surface area contributed by atoms with E-state index in [-0.39, 0.29) is 12.0 Å². The molecule has 0 spiro atoms. The highest BCUT2D eigenvalue weighted by Gasteiger charge is 2.27. The summed E-state index contributed by atoms with van der Waals surface area (Å²) in [5, 5.41) is 13.2. The first-order valence-electron chi connectivity index (χ1n) is 9.86. The van der Waals surface area contributed by atoms with Gasteiger partial charge in [-0.3, -0.25) is 4.79 Å². The molecule has 1 aromatic carbocycles. The average molecular weight is 399 g/mol. The van der Waals surface area contributed by atoms with Crippen molar-refractivity contribution in [1.29, 1.82) is 5.26 Å². The maximum atomic E-state index is 12.6. The Balaban J connectivity index is 1.70. The smallest absolute Gasteiger partial charge is 0.256 e. The summed E-state index contributed by atoms with van der Waals surface area (Å²) >= 11 is 1.44. The third kappa shape index (κ3) is 4.73. The van der Waals surface area contributed by atoms with Gasteiger partial charge in [-0.1, -0.05) is 26.7 Å². The molecule has 0 bridgehead atoms. The molecule has 28 heavy (non-hydrogen) atoms. The zero-order valence-electron chi connectivity index (χ0n) is 16.4. The lowest BCUT2D eigenvalue weighted by Gasteiger charge is -2.22. The molecule has 0 radical (unpaired) electrons. The van der Waals surface area contributed by atoms with Crippen molar-refractivity contribution in [2.24, 2.45) is 0 Å². The summed E-state index contributed by atoms with van der Waals surface area (Å²) in [5.41, 5.74) is 2.16. The fourth-order valence-electron chi connectivity index (χ4n) is 3.25. The molecule has 1 aromatic heterocycles. The van der Waals surface area contributed by atoms with Gasteiger partial charge in [0.15, 0.2) is 0 Å². The third-order valence-electron chi connectivity index (χ3n) is 4.81.